The largest absolute Gasteiger partial charge is 0.362 e. The molecular formula is C8H10N2O3. The third-order valence-electron chi connectivity index (χ3n) is 1.56. The molecule has 0 atom stereocenters. The summed E-state index contributed by atoms with van der Waals surface area (Å²) in [5.41, 5.74) is 5.72. The molecule has 0 aliphatic heterocycles. The highest BCUT2D eigenvalue weighted by atomic mass is 16.6. The fourth-order valence-corrected chi connectivity index (χ4v) is 0.980. The number of nitrogens with two attached hydrogens (primary N) is 1. The molecule has 0 heterocycles. The molecule has 0 amide bonds. The number of ether oxygens (including phenoxy) is 1. The highest BCUT2D eigenvalue weighted by Crippen LogP contribution is 2.17. The standard InChI is InChI=1S/C8H10N2O3/c9-6-13-5-7-3-1-2-4-8(7)10(11)12/h1-4H,5-6,9H2. The van der Waals surface area contributed by atoms with Crippen molar-refractivity contribution in [3.63, 3.8) is 0 Å². The van der Waals surface area contributed by atoms with Crippen molar-refractivity contribution >= 4 is 5.69 Å². The molecule has 0 saturated heterocycles. The average Bonchev–Trinajstić information content (AvgIpc) is 2.15. The van der Waals surface area contributed by atoms with E-state index in [1.54, 1.807) is 18.2 Å². The molecule has 0 fully saturated rings. The second-order valence-electron chi connectivity index (χ2n) is 2.40. The van der Waals surface area contributed by atoms with Crippen LogP contribution in [0.5, 0.6) is 0 Å². The fraction of sp³-hybridized carbons (Fsp3) is 0.250. The first kappa shape index (κ1) is 9.63. The van der Waals surface area contributed by atoms with Gasteiger partial charge in [-0.1, -0.05) is 12.1 Å². The number of hydrogen-bond donors (Lipinski definition) is 1. The second-order valence-corrected chi connectivity index (χ2v) is 2.40. The predicted molar refractivity (Wildman–Crippen MR) is 46.9 cm³/mol. The van der Waals surface area contributed by atoms with Gasteiger partial charge in [-0.2, -0.15) is 0 Å². The zero-order valence-electron chi connectivity index (χ0n) is 6.97. The SMILES string of the molecule is NCOCc1ccccc1[N+](=O)[O-]. The minimum Gasteiger partial charge on any atom is -0.362 e. The lowest BCUT2D eigenvalue weighted by molar-refractivity contribution is -0.385. The van der Waals surface area contributed by atoms with Crippen molar-refractivity contribution in [2.45, 2.75) is 6.61 Å². The summed E-state index contributed by atoms with van der Waals surface area (Å²) in [6, 6.07) is 6.43. The van der Waals surface area contributed by atoms with Gasteiger partial charge >= 0.3 is 0 Å². The van der Waals surface area contributed by atoms with Crippen LogP contribution in [0.2, 0.25) is 0 Å². The first-order chi connectivity index (χ1) is 6.25. The van der Waals surface area contributed by atoms with E-state index < -0.39 is 4.92 Å². The van der Waals surface area contributed by atoms with E-state index in [-0.39, 0.29) is 19.0 Å². The molecule has 0 aromatic heterocycles. The number of nitrogens with zero attached hydrogens (tertiary/aromatic N) is 1. The molecule has 0 aliphatic rings. The zero-order chi connectivity index (χ0) is 9.68. The number of hydrogen-bond acceptors (Lipinski definition) is 4. The summed E-state index contributed by atoms with van der Waals surface area (Å²) in [4.78, 5) is 10.1. The molecule has 0 unspecified atom stereocenters. The Labute approximate surface area is 75.3 Å². The Morgan fingerprint density at radius 3 is 2.77 bits per heavy atom. The molecule has 0 aliphatic carbocycles. The molecule has 2 N–H and O–H groups in total. The van der Waals surface area contributed by atoms with E-state index in [1.165, 1.54) is 6.07 Å². The molecule has 0 spiro atoms. The lowest BCUT2D eigenvalue weighted by atomic mass is 10.2. The van der Waals surface area contributed by atoms with Gasteiger partial charge in [0.1, 0.15) is 0 Å². The Balaban J connectivity index is 2.84. The quantitative estimate of drug-likeness (QED) is 0.428. The van der Waals surface area contributed by atoms with Gasteiger partial charge in [-0.15, -0.1) is 0 Å². The molecule has 5 heteroatoms. The summed E-state index contributed by atoms with van der Waals surface area (Å²) < 4.78 is 4.88. The molecule has 1 rings (SSSR count). The maximum atomic E-state index is 10.5. The highest BCUT2D eigenvalue weighted by molar-refractivity contribution is 5.39. The number of nitro groups is 1. The van der Waals surface area contributed by atoms with E-state index in [0.717, 1.165) is 0 Å². The molecule has 1 aromatic carbocycles. The molecule has 1 aromatic rings. The van der Waals surface area contributed by atoms with Gasteiger partial charge in [0.05, 0.1) is 23.8 Å². The van der Waals surface area contributed by atoms with Crippen molar-refractivity contribution in [2.75, 3.05) is 6.73 Å². The molecular weight excluding hydrogens is 172 g/mol. The number of benzene rings is 1. The monoisotopic (exact) mass is 182 g/mol. The first-order valence-electron chi connectivity index (χ1n) is 3.76. The number of rotatable bonds is 4. The number of nitro benzene ring substituents is 1. The van der Waals surface area contributed by atoms with Crippen LogP contribution >= 0.6 is 0 Å². The molecule has 0 saturated carbocycles. The van der Waals surface area contributed by atoms with Gasteiger partial charge in [0.25, 0.3) is 5.69 Å². The maximum absolute atomic E-state index is 10.5. The van der Waals surface area contributed by atoms with Gasteiger partial charge in [-0.3, -0.25) is 10.1 Å². The smallest absolute Gasteiger partial charge is 0.274 e. The van der Waals surface area contributed by atoms with Crippen molar-refractivity contribution in [2.24, 2.45) is 5.73 Å². The Bertz CT molecular complexity index is 301. The third kappa shape index (κ3) is 2.50. The van der Waals surface area contributed by atoms with E-state index in [0.29, 0.717) is 5.56 Å². The van der Waals surface area contributed by atoms with Crippen molar-refractivity contribution in [3.05, 3.63) is 39.9 Å². The van der Waals surface area contributed by atoms with Crippen LogP contribution in [0.1, 0.15) is 5.56 Å². The van der Waals surface area contributed by atoms with Gasteiger partial charge in [0.2, 0.25) is 0 Å². The van der Waals surface area contributed by atoms with Crippen LogP contribution in [0, 0.1) is 10.1 Å². The minimum absolute atomic E-state index is 0.0616. The van der Waals surface area contributed by atoms with Crippen molar-refractivity contribution in [1.29, 1.82) is 0 Å². The average molecular weight is 182 g/mol. The summed E-state index contributed by atoms with van der Waals surface area (Å²) in [5.74, 6) is 0. The van der Waals surface area contributed by atoms with E-state index in [4.69, 9.17) is 10.5 Å². The summed E-state index contributed by atoms with van der Waals surface area (Å²) in [5, 5.41) is 10.5. The first-order valence-corrected chi connectivity index (χ1v) is 3.76. The van der Waals surface area contributed by atoms with Gasteiger partial charge in [0, 0.05) is 6.07 Å². The van der Waals surface area contributed by atoms with E-state index in [2.05, 4.69) is 0 Å². The fourth-order valence-electron chi connectivity index (χ4n) is 0.980. The Hall–Kier alpha value is -1.46. The van der Waals surface area contributed by atoms with Crippen LogP contribution in [0.4, 0.5) is 5.69 Å². The van der Waals surface area contributed by atoms with Crippen LogP contribution in [0.25, 0.3) is 0 Å². The number of para-hydroxylation sites is 1. The van der Waals surface area contributed by atoms with Crippen molar-refractivity contribution in [1.82, 2.24) is 0 Å². The lowest BCUT2D eigenvalue weighted by Gasteiger charge is -2.01. The molecule has 5 nitrogen and oxygen atoms in total. The maximum Gasteiger partial charge on any atom is 0.274 e. The zero-order valence-corrected chi connectivity index (χ0v) is 6.97. The van der Waals surface area contributed by atoms with Crippen LogP contribution in [-0.2, 0) is 11.3 Å². The van der Waals surface area contributed by atoms with Gasteiger partial charge in [-0.05, 0) is 6.07 Å². The minimum atomic E-state index is -0.435. The summed E-state index contributed by atoms with van der Waals surface area (Å²) in [6.45, 7) is 0.236. The Kier molecular flexibility index (Phi) is 3.36. The Morgan fingerprint density at radius 1 is 1.46 bits per heavy atom. The van der Waals surface area contributed by atoms with Crippen LogP contribution in [0.3, 0.4) is 0 Å². The predicted octanol–water partition coefficient (Wildman–Crippen LogP) is 1.03. The van der Waals surface area contributed by atoms with Gasteiger partial charge in [0.15, 0.2) is 0 Å². The van der Waals surface area contributed by atoms with E-state index in [1.807, 2.05) is 0 Å². The molecule has 0 radical (unpaired) electrons. The normalized spacial score (nSPS) is 9.92. The van der Waals surface area contributed by atoms with Gasteiger partial charge in [-0.25, -0.2) is 0 Å². The van der Waals surface area contributed by atoms with Crippen molar-refractivity contribution < 1.29 is 9.66 Å². The van der Waals surface area contributed by atoms with Gasteiger partial charge < -0.3 is 10.5 Å². The van der Waals surface area contributed by atoms with E-state index >= 15 is 0 Å². The third-order valence-corrected chi connectivity index (χ3v) is 1.56. The van der Waals surface area contributed by atoms with Crippen LogP contribution in [-0.4, -0.2) is 11.7 Å². The Morgan fingerprint density at radius 2 is 2.15 bits per heavy atom. The van der Waals surface area contributed by atoms with Crippen LogP contribution < -0.4 is 5.73 Å². The molecule has 0 bridgehead atoms. The summed E-state index contributed by atoms with van der Waals surface area (Å²) in [7, 11) is 0. The highest BCUT2D eigenvalue weighted by Gasteiger charge is 2.11. The topological polar surface area (TPSA) is 78.4 Å². The van der Waals surface area contributed by atoms with E-state index in [9.17, 15) is 10.1 Å². The lowest BCUT2D eigenvalue weighted by Crippen LogP contribution is -2.05. The molecule has 13 heavy (non-hydrogen) atoms. The summed E-state index contributed by atoms with van der Waals surface area (Å²) >= 11 is 0. The summed E-state index contributed by atoms with van der Waals surface area (Å²) in [6.07, 6.45) is 0. The van der Waals surface area contributed by atoms with Crippen molar-refractivity contribution in [3.8, 4) is 0 Å². The second kappa shape index (κ2) is 4.54. The van der Waals surface area contributed by atoms with Crippen LogP contribution in [0.15, 0.2) is 24.3 Å². The molecule has 70 valence electrons.